The number of carbonyl (C=O) groups is 1. The second-order valence-electron chi connectivity index (χ2n) is 7.62. The fraction of sp³-hybridized carbons (Fsp3) is 0.500. The molecule has 0 unspecified atom stereocenters. The minimum absolute atomic E-state index is 0.00130. The Balaban J connectivity index is 2.42. The molecule has 1 aliphatic rings. The summed E-state index contributed by atoms with van der Waals surface area (Å²) in [5.74, 6) is -1.04. The lowest BCUT2D eigenvalue weighted by atomic mass is 9.96. The molecular weight excluding hydrogens is 445 g/mol. The third-order valence-electron chi connectivity index (χ3n) is 4.18. The van der Waals surface area contributed by atoms with Gasteiger partial charge in [0, 0.05) is 18.7 Å². The zero-order chi connectivity index (χ0) is 23.8. The van der Waals surface area contributed by atoms with E-state index in [0.717, 1.165) is 6.07 Å². The number of ether oxygens (including phenoxy) is 1. The highest BCUT2D eigenvalue weighted by molar-refractivity contribution is 7.88. The van der Waals surface area contributed by atoms with Gasteiger partial charge < -0.3 is 13.8 Å². The Labute approximate surface area is 176 Å². The van der Waals surface area contributed by atoms with E-state index >= 15 is 0 Å². The summed E-state index contributed by atoms with van der Waals surface area (Å²) in [6, 6.07) is 2.03. The Morgan fingerprint density at radius 3 is 2.35 bits per heavy atom. The van der Waals surface area contributed by atoms with Gasteiger partial charge in [0.1, 0.15) is 5.60 Å². The van der Waals surface area contributed by atoms with Crippen molar-refractivity contribution in [3.8, 4) is 5.75 Å². The molecule has 0 saturated heterocycles. The lowest BCUT2D eigenvalue weighted by Gasteiger charge is -2.24. The molecule has 172 valence electrons. The molecule has 1 heterocycles. The molecule has 0 fully saturated rings. The standard InChI is InChI=1S/C18H21F3N2O7S/c1-5-12-13(11-8-9-22(10-11)16(24)29-17(2,3)4)6-7-14(15(12)23(25)26)30-31(27,28)18(19,20)21/h6-8H,5,9-10H2,1-4H3. The zero-order valence-corrected chi connectivity index (χ0v) is 18.0. The number of alkyl halides is 3. The maximum absolute atomic E-state index is 12.7. The second-order valence-corrected chi connectivity index (χ2v) is 9.16. The highest BCUT2D eigenvalue weighted by atomic mass is 32.2. The first kappa shape index (κ1) is 24.4. The third kappa shape index (κ3) is 5.46. The van der Waals surface area contributed by atoms with E-state index < -0.39 is 43.7 Å². The average Bonchev–Trinajstić information content (AvgIpc) is 3.08. The average molecular weight is 466 g/mol. The first-order chi connectivity index (χ1) is 14.1. The van der Waals surface area contributed by atoms with Crippen molar-refractivity contribution in [2.45, 2.75) is 45.2 Å². The number of nitro groups is 1. The van der Waals surface area contributed by atoms with Gasteiger partial charge >= 0.3 is 27.4 Å². The molecule has 2 rings (SSSR count). The lowest BCUT2D eigenvalue weighted by molar-refractivity contribution is -0.386. The van der Waals surface area contributed by atoms with Crippen molar-refractivity contribution in [1.29, 1.82) is 0 Å². The molecule has 0 radical (unpaired) electrons. The van der Waals surface area contributed by atoms with E-state index in [0.29, 0.717) is 11.1 Å². The van der Waals surface area contributed by atoms with E-state index in [1.54, 1.807) is 26.8 Å². The summed E-state index contributed by atoms with van der Waals surface area (Å²) in [4.78, 5) is 24.2. The summed E-state index contributed by atoms with van der Waals surface area (Å²) in [5.41, 5.74) is -6.56. The number of carbonyl (C=O) groups excluding carboxylic acids is 1. The van der Waals surface area contributed by atoms with Crippen LogP contribution in [0, 0.1) is 10.1 Å². The van der Waals surface area contributed by atoms with Crippen LogP contribution in [0.3, 0.4) is 0 Å². The van der Waals surface area contributed by atoms with Crippen LogP contribution < -0.4 is 4.18 Å². The van der Waals surface area contributed by atoms with Crippen molar-refractivity contribution < 1.29 is 40.2 Å². The summed E-state index contributed by atoms with van der Waals surface area (Å²) in [6.07, 6.45) is 1.04. The Bertz CT molecular complexity index is 1030. The van der Waals surface area contributed by atoms with Crippen LogP contribution in [0.2, 0.25) is 0 Å². The Morgan fingerprint density at radius 1 is 1.26 bits per heavy atom. The minimum Gasteiger partial charge on any atom is -0.444 e. The molecule has 0 aliphatic carbocycles. The number of rotatable bonds is 5. The van der Waals surface area contributed by atoms with Crippen molar-refractivity contribution in [3.63, 3.8) is 0 Å². The van der Waals surface area contributed by atoms with Crippen LogP contribution in [0.5, 0.6) is 5.75 Å². The maximum atomic E-state index is 12.7. The van der Waals surface area contributed by atoms with Crippen LogP contribution in [0.4, 0.5) is 23.7 Å². The molecular formula is C18H21F3N2O7S. The van der Waals surface area contributed by atoms with Crippen molar-refractivity contribution in [2.24, 2.45) is 0 Å². The predicted octanol–water partition coefficient (Wildman–Crippen LogP) is 4.02. The number of nitrogens with zero attached hydrogens (tertiary/aromatic N) is 2. The fourth-order valence-electron chi connectivity index (χ4n) is 2.92. The molecule has 0 saturated carbocycles. The van der Waals surface area contributed by atoms with E-state index in [2.05, 4.69) is 4.18 Å². The summed E-state index contributed by atoms with van der Waals surface area (Å²) in [5, 5.41) is 11.6. The largest absolute Gasteiger partial charge is 0.534 e. The number of amides is 1. The monoisotopic (exact) mass is 466 g/mol. The summed E-state index contributed by atoms with van der Waals surface area (Å²) in [6.45, 7) is 6.84. The van der Waals surface area contributed by atoms with Crippen LogP contribution in [0.25, 0.3) is 5.57 Å². The van der Waals surface area contributed by atoms with E-state index in [1.807, 2.05) is 0 Å². The van der Waals surface area contributed by atoms with Crippen molar-refractivity contribution in [1.82, 2.24) is 4.90 Å². The third-order valence-corrected chi connectivity index (χ3v) is 5.15. The molecule has 31 heavy (non-hydrogen) atoms. The van der Waals surface area contributed by atoms with Gasteiger partial charge in [0.05, 0.1) is 4.92 Å². The van der Waals surface area contributed by atoms with Gasteiger partial charge in [-0.1, -0.05) is 19.1 Å². The fourth-order valence-corrected chi connectivity index (χ4v) is 3.39. The predicted molar refractivity (Wildman–Crippen MR) is 104 cm³/mol. The van der Waals surface area contributed by atoms with Crippen LogP contribution in [0.15, 0.2) is 18.2 Å². The maximum Gasteiger partial charge on any atom is 0.534 e. The molecule has 0 N–H and O–H groups in total. The first-order valence-electron chi connectivity index (χ1n) is 9.05. The van der Waals surface area contributed by atoms with Crippen LogP contribution >= 0.6 is 0 Å². The van der Waals surface area contributed by atoms with Crippen LogP contribution in [0.1, 0.15) is 38.8 Å². The van der Waals surface area contributed by atoms with Crippen LogP contribution in [-0.4, -0.2) is 48.5 Å². The smallest absolute Gasteiger partial charge is 0.444 e. The van der Waals surface area contributed by atoms with Gasteiger partial charge in [-0.3, -0.25) is 10.1 Å². The van der Waals surface area contributed by atoms with Crippen LogP contribution in [-0.2, 0) is 21.3 Å². The molecule has 1 amide bonds. The molecule has 9 nitrogen and oxygen atoms in total. The van der Waals surface area contributed by atoms with Gasteiger partial charge in [-0.2, -0.15) is 21.6 Å². The molecule has 13 heteroatoms. The molecule has 1 aromatic rings. The Morgan fingerprint density at radius 2 is 1.87 bits per heavy atom. The minimum atomic E-state index is -6.09. The SMILES string of the molecule is CCc1c(C2=CCN(C(=O)OC(C)(C)C)C2)ccc(OS(=O)(=O)C(F)(F)F)c1[N+](=O)[O-]. The number of halogens is 3. The summed E-state index contributed by atoms with van der Waals surface area (Å²) < 4.78 is 69.9. The highest BCUT2D eigenvalue weighted by Crippen LogP contribution is 2.40. The van der Waals surface area contributed by atoms with Gasteiger partial charge in [-0.25, -0.2) is 4.79 Å². The van der Waals surface area contributed by atoms with E-state index in [9.17, 15) is 36.5 Å². The Hall–Kier alpha value is -2.83. The molecule has 0 aromatic heterocycles. The molecule has 0 spiro atoms. The summed E-state index contributed by atoms with van der Waals surface area (Å²) >= 11 is 0. The first-order valence-corrected chi connectivity index (χ1v) is 10.5. The van der Waals surface area contributed by atoms with Gasteiger partial charge in [-0.15, -0.1) is 0 Å². The zero-order valence-electron chi connectivity index (χ0n) is 17.1. The van der Waals surface area contributed by atoms with E-state index in [1.165, 1.54) is 17.9 Å². The highest BCUT2D eigenvalue weighted by Gasteiger charge is 2.49. The van der Waals surface area contributed by atoms with E-state index in [4.69, 9.17) is 4.74 Å². The normalized spacial score (nSPS) is 14.9. The van der Waals surface area contributed by atoms with Crippen molar-refractivity contribution in [3.05, 3.63) is 39.4 Å². The molecule has 1 aliphatic heterocycles. The number of nitro benzene ring substituents is 1. The Kier molecular flexibility index (Phi) is 6.59. The van der Waals surface area contributed by atoms with Crippen molar-refractivity contribution >= 4 is 27.5 Å². The number of hydrogen-bond acceptors (Lipinski definition) is 7. The second kappa shape index (κ2) is 8.36. The van der Waals surface area contributed by atoms with E-state index in [-0.39, 0.29) is 25.1 Å². The molecule has 0 bridgehead atoms. The lowest BCUT2D eigenvalue weighted by Crippen LogP contribution is -2.35. The topological polar surface area (TPSA) is 116 Å². The molecule has 1 aromatic carbocycles. The van der Waals surface area contributed by atoms with Gasteiger partial charge in [-0.05, 0) is 44.4 Å². The summed E-state index contributed by atoms with van der Waals surface area (Å²) in [7, 11) is -6.09. The number of benzene rings is 1. The van der Waals surface area contributed by atoms with Gasteiger partial charge in [0.25, 0.3) is 0 Å². The van der Waals surface area contributed by atoms with Gasteiger partial charge in [0.2, 0.25) is 5.75 Å². The van der Waals surface area contributed by atoms with Crippen molar-refractivity contribution in [2.75, 3.05) is 13.1 Å². The van der Waals surface area contributed by atoms with Gasteiger partial charge in [0.15, 0.2) is 0 Å². The quantitative estimate of drug-likeness (QED) is 0.278. The molecule has 0 atom stereocenters. The number of hydrogen-bond donors (Lipinski definition) is 0.